The molecule has 0 aromatic heterocycles. The second-order valence-corrected chi connectivity index (χ2v) is 5.36. The summed E-state index contributed by atoms with van der Waals surface area (Å²) in [6.07, 6.45) is 9.55. The number of carbonyl (C=O) groups excluding carboxylic acids is 1. The molecule has 16 heavy (non-hydrogen) atoms. The maximum absolute atomic E-state index is 11.3. The largest absolute Gasteiger partial charge is 0.273 e. The first-order valence-corrected chi connectivity index (χ1v) is 6.15. The van der Waals surface area contributed by atoms with Crippen LogP contribution in [0.1, 0.15) is 33.1 Å². The van der Waals surface area contributed by atoms with Gasteiger partial charge in [0, 0.05) is 18.6 Å². The van der Waals surface area contributed by atoms with Crippen molar-refractivity contribution >= 4 is 12.1 Å². The summed E-state index contributed by atoms with van der Waals surface area (Å²) in [6, 6.07) is 0. The Morgan fingerprint density at radius 1 is 1.50 bits per heavy atom. The molecule has 0 aromatic rings. The Labute approximate surface area is 97.0 Å². The Morgan fingerprint density at radius 3 is 2.88 bits per heavy atom. The Morgan fingerprint density at radius 2 is 2.31 bits per heavy atom. The molecule has 0 heterocycles. The van der Waals surface area contributed by atoms with Crippen LogP contribution >= 0.6 is 0 Å². The van der Waals surface area contributed by atoms with Crippen LogP contribution in [0.2, 0.25) is 0 Å². The molecule has 2 bridgehead atoms. The maximum Gasteiger partial charge on any atom is 0.240 e. The van der Waals surface area contributed by atoms with Crippen LogP contribution in [0.15, 0.2) is 17.3 Å². The van der Waals surface area contributed by atoms with E-state index < -0.39 is 0 Å². The molecule has 2 aliphatic rings. The summed E-state index contributed by atoms with van der Waals surface area (Å²) < 4.78 is 0. The van der Waals surface area contributed by atoms with Crippen molar-refractivity contribution in [2.75, 3.05) is 0 Å². The van der Waals surface area contributed by atoms with Gasteiger partial charge in [-0.15, -0.1) is 0 Å². The number of fused-ring (bicyclic) bond motifs is 2. The Bertz CT molecular complexity index is 320. The second-order valence-electron chi connectivity index (χ2n) is 5.36. The van der Waals surface area contributed by atoms with E-state index in [9.17, 15) is 4.79 Å². The Kier molecular flexibility index (Phi) is 3.42. The molecule has 3 nitrogen and oxygen atoms in total. The van der Waals surface area contributed by atoms with E-state index in [-0.39, 0.29) is 5.91 Å². The van der Waals surface area contributed by atoms with Gasteiger partial charge < -0.3 is 0 Å². The van der Waals surface area contributed by atoms with E-state index in [0.29, 0.717) is 24.2 Å². The van der Waals surface area contributed by atoms with E-state index in [1.54, 1.807) is 0 Å². The summed E-state index contributed by atoms with van der Waals surface area (Å²) in [6.45, 7) is 4.06. The molecule has 0 spiro atoms. The van der Waals surface area contributed by atoms with Gasteiger partial charge in [-0.3, -0.25) is 4.79 Å². The minimum atomic E-state index is 0.0185. The first-order valence-electron chi connectivity index (χ1n) is 6.15. The smallest absolute Gasteiger partial charge is 0.240 e. The van der Waals surface area contributed by atoms with Gasteiger partial charge in [0.05, 0.1) is 0 Å². The zero-order valence-electron chi connectivity index (χ0n) is 10.0. The van der Waals surface area contributed by atoms with Crippen LogP contribution in [-0.4, -0.2) is 12.1 Å². The van der Waals surface area contributed by atoms with Gasteiger partial charge >= 0.3 is 0 Å². The normalized spacial score (nSPS) is 31.8. The van der Waals surface area contributed by atoms with Gasteiger partial charge in [0.15, 0.2) is 0 Å². The molecule has 2 aliphatic carbocycles. The summed E-state index contributed by atoms with van der Waals surface area (Å²) in [5, 5.41) is 4.07. The molecule has 88 valence electrons. The van der Waals surface area contributed by atoms with Crippen molar-refractivity contribution in [2.45, 2.75) is 33.1 Å². The first-order chi connectivity index (χ1) is 7.65. The van der Waals surface area contributed by atoms with Crippen LogP contribution < -0.4 is 5.43 Å². The standard InChI is InChI=1S/C13H20N2O/c1-9(2)5-13(16)15-14-8-12-7-10-3-4-11(12)6-10/h3-4,8-12H,5-7H2,1-2H3,(H,15,16). The fraction of sp³-hybridized carbons (Fsp3) is 0.692. The van der Waals surface area contributed by atoms with E-state index in [0.717, 1.165) is 5.92 Å². The van der Waals surface area contributed by atoms with Crippen molar-refractivity contribution in [2.24, 2.45) is 28.8 Å². The SMILES string of the molecule is CC(C)CC(=O)NN=CC1CC2C=CC1C2. The summed E-state index contributed by atoms with van der Waals surface area (Å²) in [5.74, 6) is 2.36. The fourth-order valence-electron chi connectivity index (χ4n) is 2.62. The van der Waals surface area contributed by atoms with Crippen molar-refractivity contribution in [1.82, 2.24) is 5.43 Å². The van der Waals surface area contributed by atoms with Crippen molar-refractivity contribution in [1.29, 1.82) is 0 Å². The molecule has 1 fully saturated rings. The van der Waals surface area contributed by atoms with Gasteiger partial charge in [-0.25, -0.2) is 5.43 Å². The van der Waals surface area contributed by atoms with E-state index in [1.165, 1.54) is 12.8 Å². The van der Waals surface area contributed by atoms with Crippen molar-refractivity contribution in [3.63, 3.8) is 0 Å². The predicted octanol–water partition coefficient (Wildman–Crippen LogP) is 2.35. The van der Waals surface area contributed by atoms with Crippen molar-refractivity contribution < 1.29 is 4.79 Å². The van der Waals surface area contributed by atoms with Crippen LogP contribution in [0.4, 0.5) is 0 Å². The highest BCUT2D eigenvalue weighted by molar-refractivity contribution is 5.77. The van der Waals surface area contributed by atoms with Gasteiger partial charge in [-0.2, -0.15) is 5.10 Å². The third kappa shape index (κ3) is 2.71. The molecule has 1 N–H and O–H groups in total. The van der Waals surface area contributed by atoms with E-state index in [2.05, 4.69) is 22.7 Å². The van der Waals surface area contributed by atoms with Crippen molar-refractivity contribution in [3.8, 4) is 0 Å². The maximum atomic E-state index is 11.3. The number of amides is 1. The Hall–Kier alpha value is -1.12. The number of rotatable bonds is 4. The van der Waals surface area contributed by atoms with Gasteiger partial charge in [-0.1, -0.05) is 26.0 Å². The zero-order chi connectivity index (χ0) is 11.5. The molecule has 1 amide bonds. The highest BCUT2D eigenvalue weighted by atomic mass is 16.2. The number of hydrazone groups is 1. The second kappa shape index (κ2) is 4.81. The summed E-state index contributed by atoms with van der Waals surface area (Å²) >= 11 is 0. The number of nitrogens with one attached hydrogen (secondary N) is 1. The molecule has 0 saturated heterocycles. The zero-order valence-corrected chi connectivity index (χ0v) is 10.0. The van der Waals surface area contributed by atoms with Gasteiger partial charge in [0.1, 0.15) is 0 Å². The number of carbonyl (C=O) groups is 1. The molecule has 3 unspecified atom stereocenters. The quantitative estimate of drug-likeness (QED) is 0.441. The van der Waals surface area contributed by atoms with Crippen LogP contribution in [0.25, 0.3) is 0 Å². The molecule has 0 radical (unpaired) electrons. The summed E-state index contributed by atoms with van der Waals surface area (Å²) in [4.78, 5) is 11.3. The summed E-state index contributed by atoms with van der Waals surface area (Å²) in [7, 11) is 0. The first kappa shape index (κ1) is 11.4. The van der Waals surface area contributed by atoms with Gasteiger partial charge in [0.25, 0.3) is 0 Å². The van der Waals surface area contributed by atoms with Crippen molar-refractivity contribution in [3.05, 3.63) is 12.2 Å². The lowest BCUT2D eigenvalue weighted by Gasteiger charge is -2.12. The average molecular weight is 220 g/mol. The lowest BCUT2D eigenvalue weighted by molar-refractivity contribution is -0.121. The van der Waals surface area contributed by atoms with E-state index in [4.69, 9.17) is 0 Å². The minimum absolute atomic E-state index is 0.0185. The molecule has 0 aromatic carbocycles. The molecule has 2 rings (SSSR count). The molecule has 0 aliphatic heterocycles. The van der Waals surface area contributed by atoms with Gasteiger partial charge in [-0.05, 0) is 30.6 Å². The lowest BCUT2D eigenvalue weighted by Crippen LogP contribution is -2.20. The molecule has 3 heteroatoms. The highest BCUT2D eigenvalue weighted by Gasteiger charge is 2.34. The number of nitrogens with zero attached hydrogens (tertiary/aromatic N) is 1. The number of allylic oxidation sites excluding steroid dienone is 2. The Balaban J connectivity index is 1.74. The number of hydrogen-bond acceptors (Lipinski definition) is 2. The lowest BCUT2D eigenvalue weighted by atomic mass is 9.95. The van der Waals surface area contributed by atoms with Crippen LogP contribution in [0.5, 0.6) is 0 Å². The van der Waals surface area contributed by atoms with Gasteiger partial charge in [0.2, 0.25) is 5.91 Å². The number of hydrogen-bond donors (Lipinski definition) is 1. The third-order valence-corrected chi connectivity index (χ3v) is 3.38. The van der Waals surface area contributed by atoms with Crippen LogP contribution in [0, 0.1) is 23.7 Å². The molecule has 1 saturated carbocycles. The van der Waals surface area contributed by atoms with Crippen LogP contribution in [0.3, 0.4) is 0 Å². The minimum Gasteiger partial charge on any atom is -0.273 e. The topological polar surface area (TPSA) is 41.5 Å². The van der Waals surface area contributed by atoms with Crippen LogP contribution in [-0.2, 0) is 4.79 Å². The van der Waals surface area contributed by atoms with E-state index >= 15 is 0 Å². The highest BCUT2D eigenvalue weighted by Crippen LogP contribution is 2.42. The average Bonchev–Trinajstić information content (AvgIpc) is 2.77. The van der Waals surface area contributed by atoms with E-state index in [1.807, 2.05) is 20.1 Å². The molecular formula is C13H20N2O. The fourth-order valence-corrected chi connectivity index (χ4v) is 2.62. The third-order valence-electron chi connectivity index (χ3n) is 3.38. The monoisotopic (exact) mass is 220 g/mol. The molecular weight excluding hydrogens is 200 g/mol. The molecule has 3 atom stereocenters. The predicted molar refractivity (Wildman–Crippen MR) is 64.9 cm³/mol. The summed E-state index contributed by atoms with van der Waals surface area (Å²) in [5.41, 5.74) is 2.61.